The van der Waals surface area contributed by atoms with Crippen molar-refractivity contribution >= 4 is 43.2 Å². The molecular formula is C48H30F3N. The van der Waals surface area contributed by atoms with E-state index in [1.807, 2.05) is 30.3 Å². The lowest BCUT2D eigenvalue weighted by atomic mass is 9.81. The van der Waals surface area contributed by atoms with Crippen LogP contribution in [0.5, 0.6) is 0 Å². The van der Waals surface area contributed by atoms with Gasteiger partial charge < -0.3 is 0 Å². The Kier molecular flexibility index (Phi) is 6.53. The molecule has 0 spiro atoms. The Hall–Kier alpha value is -6.26. The second-order valence-corrected chi connectivity index (χ2v) is 14.3. The van der Waals surface area contributed by atoms with Crippen LogP contribution in [0.2, 0.25) is 0 Å². The molecule has 8 aromatic carbocycles. The molecule has 0 amide bonds. The standard InChI is InChI=1S/C48H30F3N/c1-48(2)40-23-29(14-18-35(40)36-20-17-32(49)26-41(36)48)27-8-7-9-28(22-27)30-15-19-39-44(25-30)52-47(31-16-21-42(50)43(51)24-31)46-38-13-6-4-11-34(38)33-10-3-5-12-37(33)45(39)46/h3-26H,1-2H3. The summed E-state index contributed by atoms with van der Waals surface area (Å²) in [5.74, 6) is -2.02. The number of hydrogen-bond donors (Lipinski definition) is 0. The highest BCUT2D eigenvalue weighted by atomic mass is 19.2. The van der Waals surface area contributed by atoms with E-state index in [0.717, 1.165) is 82.2 Å². The summed E-state index contributed by atoms with van der Waals surface area (Å²) < 4.78 is 43.3. The third-order valence-electron chi connectivity index (χ3n) is 11.0. The number of pyridine rings is 1. The first-order valence-corrected chi connectivity index (χ1v) is 17.4. The van der Waals surface area contributed by atoms with E-state index in [2.05, 4.69) is 98.8 Å². The van der Waals surface area contributed by atoms with Crippen LogP contribution in [0.15, 0.2) is 146 Å². The quantitative estimate of drug-likeness (QED) is 0.170. The summed E-state index contributed by atoms with van der Waals surface area (Å²) >= 11 is 0. The maximum Gasteiger partial charge on any atom is 0.159 e. The number of benzene rings is 8. The van der Waals surface area contributed by atoms with Gasteiger partial charge in [-0.1, -0.05) is 111 Å². The second kappa shape index (κ2) is 11.1. The van der Waals surface area contributed by atoms with Crippen LogP contribution in [-0.4, -0.2) is 4.98 Å². The maximum absolute atomic E-state index is 14.8. The largest absolute Gasteiger partial charge is 0.247 e. The van der Waals surface area contributed by atoms with E-state index >= 15 is 0 Å². The molecule has 0 radical (unpaired) electrons. The molecule has 4 heteroatoms. The molecule has 1 aromatic heterocycles. The molecule has 0 aliphatic heterocycles. The van der Waals surface area contributed by atoms with Gasteiger partial charge in [0.2, 0.25) is 0 Å². The van der Waals surface area contributed by atoms with Crippen LogP contribution in [0, 0.1) is 17.5 Å². The predicted octanol–water partition coefficient (Wildman–Crippen LogP) is 13.4. The monoisotopic (exact) mass is 677 g/mol. The number of hydrogen-bond acceptors (Lipinski definition) is 1. The van der Waals surface area contributed by atoms with Gasteiger partial charge >= 0.3 is 0 Å². The van der Waals surface area contributed by atoms with Crippen LogP contribution < -0.4 is 0 Å². The Balaban J connectivity index is 1.17. The average molecular weight is 678 g/mol. The minimum atomic E-state index is -0.908. The van der Waals surface area contributed by atoms with Gasteiger partial charge in [0.15, 0.2) is 11.6 Å². The molecular weight excluding hydrogens is 648 g/mol. The van der Waals surface area contributed by atoms with Gasteiger partial charge in [0, 0.05) is 27.1 Å². The van der Waals surface area contributed by atoms with Crippen LogP contribution >= 0.6 is 0 Å². The molecule has 9 aromatic rings. The van der Waals surface area contributed by atoms with Gasteiger partial charge in [0.05, 0.1) is 11.2 Å². The van der Waals surface area contributed by atoms with Gasteiger partial charge in [-0.15, -0.1) is 0 Å². The molecule has 10 rings (SSSR count). The van der Waals surface area contributed by atoms with Crippen LogP contribution in [0.4, 0.5) is 13.2 Å². The van der Waals surface area contributed by atoms with E-state index in [0.29, 0.717) is 11.3 Å². The fourth-order valence-electron chi connectivity index (χ4n) is 8.48. The minimum absolute atomic E-state index is 0.219. The molecule has 1 nitrogen and oxygen atoms in total. The molecule has 1 aliphatic carbocycles. The zero-order chi connectivity index (χ0) is 35.3. The van der Waals surface area contributed by atoms with E-state index in [1.165, 1.54) is 23.8 Å². The van der Waals surface area contributed by atoms with Crippen molar-refractivity contribution in [2.45, 2.75) is 19.3 Å². The molecule has 0 bridgehead atoms. The first kappa shape index (κ1) is 30.6. The number of halogens is 3. The van der Waals surface area contributed by atoms with Crippen LogP contribution in [-0.2, 0) is 5.41 Å². The summed E-state index contributed by atoms with van der Waals surface area (Å²) in [6, 6.07) is 47.1. The molecule has 0 fully saturated rings. The van der Waals surface area contributed by atoms with Crippen LogP contribution in [0.25, 0.3) is 87.9 Å². The summed E-state index contributed by atoms with van der Waals surface area (Å²) in [7, 11) is 0. The van der Waals surface area contributed by atoms with Gasteiger partial charge in [0.1, 0.15) is 5.82 Å². The zero-order valence-corrected chi connectivity index (χ0v) is 28.4. The van der Waals surface area contributed by atoms with Crippen molar-refractivity contribution in [1.82, 2.24) is 4.98 Å². The smallest absolute Gasteiger partial charge is 0.159 e. The molecule has 0 N–H and O–H groups in total. The lowest BCUT2D eigenvalue weighted by molar-refractivity contribution is 0.509. The van der Waals surface area contributed by atoms with Crippen LogP contribution in [0.1, 0.15) is 25.0 Å². The van der Waals surface area contributed by atoms with E-state index in [-0.39, 0.29) is 11.2 Å². The Bertz CT molecular complexity index is 2980. The maximum atomic E-state index is 14.8. The number of rotatable bonds is 3. The Labute approximate surface area is 298 Å². The van der Waals surface area contributed by atoms with Gasteiger partial charge in [-0.05, 0) is 115 Å². The molecule has 0 unspecified atom stereocenters. The summed E-state index contributed by atoms with van der Waals surface area (Å²) in [5.41, 5.74) is 10.2. The highest BCUT2D eigenvalue weighted by molar-refractivity contribution is 6.33. The molecule has 0 saturated carbocycles. The van der Waals surface area contributed by atoms with Crippen molar-refractivity contribution in [2.24, 2.45) is 0 Å². The Morgan fingerprint density at radius 1 is 0.423 bits per heavy atom. The van der Waals surface area contributed by atoms with Crippen molar-refractivity contribution in [3.63, 3.8) is 0 Å². The van der Waals surface area contributed by atoms with Gasteiger partial charge in [-0.25, -0.2) is 18.2 Å². The molecule has 1 heterocycles. The molecule has 248 valence electrons. The number of fused-ring (bicyclic) bond motifs is 11. The van der Waals surface area contributed by atoms with Crippen molar-refractivity contribution in [3.05, 3.63) is 174 Å². The predicted molar refractivity (Wildman–Crippen MR) is 208 cm³/mol. The third-order valence-corrected chi connectivity index (χ3v) is 11.0. The third kappa shape index (κ3) is 4.47. The molecule has 0 atom stereocenters. The normalized spacial score (nSPS) is 13.2. The summed E-state index contributed by atoms with van der Waals surface area (Å²) in [5, 5.41) is 7.21. The van der Waals surface area contributed by atoms with Crippen molar-refractivity contribution in [1.29, 1.82) is 0 Å². The fourth-order valence-corrected chi connectivity index (χ4v) is 8.48. The van der Waals surface area contributed by atoms with E-state index in [4.69, 9.17) is 4.98 Å². The Morgan fingerprint density at radius 2 is 1.00 bits per heavy atom. The number of nitrogens with zero attached hydrogens (tertiary/aromatic N) is 1. The van der Waals surface area contributed by atoms with Gasteiger partial charge in [0.25, 0.3) is 0 Å². The summed E-state index contributed by atoms with van der Waals surface area (Å²) in [6.45, 7) is 4.31. The molecule has 1 aliphatic rings. The lowest BCUT2D eigenvalue weighted by Crippen LogP contribution is -2.15. The minimum Gasteiger partial charge on any atom is -0.247 e. The van der Waals surface area contributed by atoms with Gasteiger partial charge in [-0.2, -0.15) is 0 Å². The highest BCUT2D eigenvalue weighted by Gasteiger charge is 2.36. The Morgan fingerprint density at radius 3 is 1.71 bits per heavy atom. The zero-order valence-electron chi connectivity index (χ0n) is 28.4. The second-order valence-electron chi connectivity index (χ2n) is 14.3. The van der Waals surface area contributed by atoms with Crippen LogP contribution in [0.3, 0.4) is 0 Å². The first-order chi connectivity index (χ1) is 25.3. The van der Waals surface area contributed by atoms with Crippen molar-refractivity contribution in [3.8, 4) is 44.6 Å². The molecule has 52 heavy (non-hydrogen) atoms. The SMILES string of the molecule is CC1(C)c2cc(F)ccc2-c2ccc(-c3cccc(-c4ccc5c(c4)nc(-c4ccc(F)c(F)c4)c4c6ccccc6c6ccccc6c54)c3)cc21. The average Bonchev–Trinajstić information content (AvgIpc) is 3.39. The molecule has 0 saturated heterocycles. The topological polar surface area (TPSA) is 12.9 Å². The van der Waals surface area contributed by atoms with Crippen molar-refractivity contribution < 1.29 is 13.2 Å². The van der Waals surface area contributed by atoms with E-state index in [9.17, 15) is 13.2 Å². The first-order valence-electron chi connectivity index (χ1n) is 17.4. The highest BCUT2D eigenvalue weighted by Crippen LogP contribution is 2.50. The summed E-state index contributed by atoms with van der Waals surface area (Å²) in [6.07, 6.45) is 0. The fraction of sp³-hybridized carbons (Fsp3) is 0.0625. The van der Waals surface area contributed by atoms with Gasteiger partial charge in [-0.3, -0.25) is 0 Å². The summed E-state index contributed by atoms with van der Waals surface area (Å²) in [4.78, 5) is 5.23. The van der Waals surface area contributed by atoms with E-state index < -0.39 is 11.6 Å². The number of aromatic nitrogens is 1. The van der Waals surface area contributed by atoms with E-state index in [1.54, 1.807) is 12.1 Å². The van der Waals surface area contributed by atoms with Crippen molar-refractivity contribution in [2.75, 3.05) is 0 Å². The lowest BCUT2D eigenvalue weighted by Gasteiger charge is -2.22.